The van der Waals surface area contributed by atoms with Gasteiger partial charge in [-0.05, 0) is 25.2 Å². The molecule has 1 aliphatic rings. The summed E-state index contributed by atoms with van der Waals surface area (Å²) in [6.07, 6.45) is 6.69. The summed E-state index contributed by atoms with van der Waals surface area (Å²) in [6, 6.07) is 0. The highest BCUT2D eigenvalue weighted by Gasteiger charge is 2.14. The van der Waals surface area contributed by atoms with Gasteiger partial charge in [-0.2, -0.15) is 0 Å². The molecule has 2 rings (SSSR count). The maximum atomic E-state index is 4.50. The highest BCUT2D eigenvalue weighted by molar-refractivity contribution is 7.13. The molecule has 0 aliphatic heterocycles. The van der Waals surface area contributed by atoms with Crippen LogP contribution in [0.5, 0.6) is 0 Å². The van der Waals surface area contributed by atoms with E-state index in [9.17, 15) is 0 Å². The summed E-state index contributed by atoms with van der Waals surface area (Å²) in [6.45, 7) is 3.27. The highest BCUT2D eigenvalue weighted by Crippen LogP contribution is 2.25. The Labute approximate surface area is 89.8 Å². The number of anilines is 1. The molecule has 0 radical (unpaired) electrons. The van der Waals surface area contributed by atoms with Crippen molar-refractivity contribution < 1.29 is 0 Å². The molecule has 0 aromatic carbocycles. The maximum absolute atomic E-state index is 4.50. The summed E-state index contributed by atoms with van der Waals surface area (Å²) in [7, 11) is 0. The van der Waals surface area contributed by atoms with Gasteiger partial charge in [0.1, 0.15) is 0 Å². The van der Waals surface area contributed by atoms with Gasteiger partial charge in [-0.25, -0.2) is 4.98 Å². The number of hydrogen-bond donors (Lipinski definition) is 1. The van der Waals surface area contributed by atoms with Crippen LogP contribution >= 0.6 is 11.3 Å². The molecule has 78 valence electrons. The van der Waals surface area contributed by atoms with Crippen LogP contribution in [0.2, 0.25) is 0 Å². The van der Waals surface area contributed by atoms with Gasteiger partial charge in [0.2, 0.25) is 0 Å². The summed E-state index contributed by atoms with van der Waals surface area (Å²) >= 11 is 1.74. The summed E-state index contributed by atoms with van der Waals surface area (Å²) in [4.78, 5) is 4.50. The number of hydrogen-bond acceptors (Lipinski definition) is 3. The van der Waals surface area contributed by atoms with Crippen molar-refractivity contribution in [1.82, 2.24) is 4.98 Å². The molecule has 0 bridgehead atoms. The average molecular weight is 210 g/mol. The lowest BCUT2D eigenvalue weighted by Crippen LogP contribution is -2.10. The van der Waals surface area contributed by atoms with Crippen molar-refractivity contribution in [2.24, 2.45) is 5.92 Å². The molecule has 1 aromatic rings. The van der Waals surface area contributed by atoms with Crippen LogP contribution in [-0.4, -0.2) is 11.5 Å². The molecule has 0 saturated heterocycles. The van der Waals surface area contributed by atoms with Gasteiger partial charge in [-0.15, -0.1) is 11.3 Å². The van der Waals surface area contributed by atoms with E-state index in [0.717, 1.165) is 24.0 Å². The van der Waals surface area contributed by atoms with Gasteiger partial charge in [0.25, 0.3) is 0 Å². The highest BCUT2D eigenvalue weighted by atomic mass is 32.1. The van der Waals surface area contributed by atoms with Crippen LogP contribution in [0.1, 0.15) is 38.3 Å². The molecular formula is C11H18N2S. The third-order valence-electron chi connectivity index (χ3n) is 2.93. The smallest absolute Gasteiger partial charge is 0.182 e. The van der Waals surface area contributed by atoms with Crippen LogP contribution in [0.25, 0.3) is 0 Å². The van der Waals surface area contributed by atoms with E-state index in [4.69, 9.17) is 0 Å². The van der Waals surface area contributed by atoms with Gasteiger partial charge in [-0.3, -0.25) is 0 Å². The van der Waals surface area contributed by atoms with Gasteiger partial charge >= 0.3 is 0 Å². The van der Waals surface area contributed by atoms with Crippen LogP contribution in [0.3, 0.4) is 0 Å². The second kappa shape index (κ2) is 4.78. The number of aromatic nitrogens is 1. The molecule has 2 nitrogen and oxygen atoms in total. The van der Waals surface area contributed by atoms with E-state index < -0.39 is 0 Å². The van der Waals surface area contributed by atoms with Crippen molar-refractivity contribution in [1.29, 1.82) is 0 Å². The van der Waals surface area contributed by atoms with Crippen molar-refractivity contribution in [2.75, 3.05) is 11.9 Å². The van der Waals surface area contributed by atoms with Gasteiger partial charge in [-0.1, -0.05) is 19.8 Å². The first-order valence-electron chi connectivity index (χ1n) is 5.56. The van der Waals surface area contributed by atoms with Crippen LogP contribution in [0.4, 0.5) is 5.13 Å². The number of aryl methyl sites for hydroxylation is 1. The Bertz CT molecular complexity index is 277. The standard InChI is InChI=1S/C11H18N2S/c1-2-10-8-14-11(13-10)12-7-9-5-3-4-6-9/h8-9H,2-7H2,1H3,(H,12,13). The van der Waals surface area contributed by atoms with Crippen LogP contribution in [-0.2, 0) is 6.42 Å². The summed E-state index contributed by atoms with van der Waals surface area (Å²) in [5.41, 5.74) is 1.21. The van der Waals surface area contributed by atoms with Crippen molar-refractivity contribution >= 4 is 16.5 Å². The second-order valence-corrected chi connectivity index (χ2v) is 4.89. The van der Waals surface area contributed by atoms with Gasteiger partial charge < -0.3 is 5.32 Å². The topological polar surface area (TPSA) is 24.9 Å². The fraction of sp³-hybridized carbons (Fsp3) is 0.727. The number of nitrogens with one attached hydrogen (secondary N) is 1. The zero-order chi connectivity index (χ0) is 9.80. The molecule has 0 unspecified atom stereocenters. The Balaban J connectivity index is 1.79. The molecular weight excluding hydrogens is 192 g/mol. The Hall–Kier alpha value is -0.570. The SMILES string of the molecule is CCc1csc(NCC2CCCC2)n1. The van der Waals surface area contributed by atoms with Crippen LogP contribution in [0, 0.1) is 5.92 Å². The largest absolute Gasteiger partial charge is 0.361 e. The number of nitrogens with zero attached hydrogens (tertiary/aromatic N) is 1. The fourth-order valence-corrected chi connectivity index (χ4v) is 2.80. The molecule has 1 aliphatic carbocycles. The molecule has 1 fully saturated rings. The first-order valence-corrected chi connectivity index (χ1v) is 6.44. The lowest BCUT2D eigenvalue weighted by Gasteiger charge is -2.08. The van der Waals surface area contributed by atoms with Crippen molar-refractivity contribution in [3.8, 4) is 0 Å². The van der Waals surface area contributed by atoms with Crippen LogP contribution in [0.15, 0.2) is 5.38 Å². The average Bonchev–Trinajstić information content (AvgIpc) is 2.86. The first-order chi connectivity index (χ1) is 6.88. The van der Waals surface area contributed by atoms with E-state index >= 15 is 0 Å². The lowest BCUT2D eigenvalue weighted by molar-refractivity contribution is 0.579. The monoisotopic (exact) mass is 210 g/mol. The van der Waals surface area contributed by atoms with E-state index in [2.05, 4.69) is 22.6 Å². The van der Waals surface area contributed by atoms with Crippen molar-refractivity contribution in [3.05, 3.63) is 11.1 Å². The zero-order valence-corrected chi connectivity index (χ0v) is 9.57. The molecule has 1 aromatic heterocycles. The Morgan fingerprint density at radius 1 is 1.50 bits per heavy atom. The molecule has 1 N–H and O–H groups in total. The predicted molar refractivity (Wildman–Crippen MR) is 61.9 cm³/mol. The minimum Gasteiger partial charge on any atom is -0.361 e. The molecule has 1 saturated carbocycles. The Kier molecular flexibility index (Phi) is 3.40. The number of thiazole rings is 1. The Morgan fingerprint density at radius 2 is 2.29 bits per heavy atom. The van der Waals surface area contributed by atoms with Crippen LogP contribution < -0.4 is 5.32 Å². The van der Waals surface area contributed by atoms with E-state index in [-0.39, 0.29) is 0 Å². The quantitative estimate of drug-likeness (QED) is 0.824. The minimum absolute atomic E-state index is 0.893. The van der Waals surface area contributed by atoms with Crippen molar-refractivity contribution in [2.45, 2.75) is 39.0 Å². The fourth-order valence-electron chi connectivity index (χ4n) is 2.00. The van der Waals surface area contributed by atoms with E-state index in [1.807, 2.05) is 0 Å². The maximum Gasteiger partial charge on any atom is 0.182 e. The normalized spacial score (nSPS) is 17.5. The summed E-state index contributed by atoms with van der Waals surface area (Å²) in [5, 5.41) is 6.70. The summed E-state index contributed by atoms with van der Waals surface area (Å²) < 4.78 is 0. The first kappa shape index (κ1) is 9.97. The van der Waals surface area contributed by atoms with Gasteiger partial charge in [0.05, 0.1) is 5.69 Å². The van der Waals surface area contributed by atoms with Gasteiger partial charge in [0.15, 0.2) is 5.13 Å². The minimum atomic E-state index is 0.893. The van der Waals surface area contributed by atoms with E-state index in [1.165, 1.54) is 31.4 Å². The van der Waals surface area contributed by atoms with E-state index in [0.29, 0.717) is 0 Å². The third kappa shape index (κ3) is 2.47. The van der Waals surface area contributed by atoms with Crippen molar-refractivity contribution in [3.63, 3.8) is 0 Å². The second-order valence-electron chi connectivity index (χ2n) is 4.03. The molecule has 1 heterocycles. The van der Waals surface area contributed by atoms with Gasteiger partial charge in [0, 0.05) is 11.9 Å². The molecule has 0 amide bonds. The zero-order valence-electron chi connectivity index (χ0n) is 8.75. The molecule has 14 heavy (non-hydrogen) atoms. The van der Waals surface area contributed by atoms with E-state index in [1.54, 1.807) is 11.3 Å². The predicted octanol–water partition coefficient (Wildman–Crippen LogP) is 3.31. The number of rotatable bonds is 4. The lowest BCUT2D eigenvalue weighted by atomic mass is 10.1. The molecule has 0 spiro atoms. The Morgan fingerprint density at radius 3 is 2.93 bits per heavy atom. The molecule has 0 atom stereocenters. The third-order valence-corrected chi connectivity index (χ3v) is 3.78. The summed E-state index contributed by atoms with van der Waals surface area (Å²) in [5.74, 6) is 0.893. The molecule has 3 heteroatoms.